The summed E-state index contributed by atoms with van der Waals surface area (Å²) in [5, 5.41) is 3.29. The smallest absolute Gasteiger partial charge is 0.216 e. The van der Waals surface area contributed by atoms with E-state index in [2.05, 4.69) is 17.1 Å². The predicted octanol–water partition coefficient (Wildman–Crippen LogP) is 2.36. The normalized spacial score (nSPS) is 27.6. The van der Waals surface area contributed by atoms with Crippen LogP contribution in [0.15, 0.2) is 24.3 Å². The van der Waals surface area contributed by atoms with Crippen molar-refractivity contribution in [2.24, 2.45) is 5.92 Å². The minimum atomic E-state index is -3.10. The summed E-state index contributed by atoms with van der Waals surface area (Å²) in [6.45, 7) is 6.20. The zero-order valence-electron chi connectivity index (χ0n) is 16.0. The fourth-order valence-electron chi connectivity index (χ4n) is 4.72. The van der Waals surface area contributed by atoms with Gasteiger partial charge in [-0.05, 0) is 56.2 Å². The first-order chi connectivity index (χ1) is 13.0. The molecule has 27 heavy (non-hydrogen) atoms. The number of nitrogens with one attached hydrogen (secondary N) is 1. The maximum atomic E-state index is 14.0. The molecular formula is C20H30FN3O2S. The van der Waals surface area contributed by atoms with Crippen LogP contribution in [0.5, 0.6) is 0 Å². The minimum Gasteiger partial charge on any atom is -0.314 e. The Kier molecular flexibility index (Phi) is 5.56. The Morgan fingerprint density at radius 1 is 1.15 bits per heavy atom. The van der Waals surface area contributed by atoms with E-state index in [0.29, 0.717) is 25.0 Å². The van der Waals surface area contributed by atoms with Gasteiger partial charge in [-0.3, -0.25) is 4.90 Å². The minimum absolute atomic E-state index is 0.138. The lowest BCUT2D eigenvalue weighted by Crippen LogP contribution is -2.53. The van der Waals surface area contributed by atoms with Crippen LogP contribution in [0, 0.1) is 11.7 Å². The molecule has 1 aromatic carbocycles. The van der Waals surface area contributed by atoms with Gasteiger partial charge in [0.25, 0.3) is 0 Å². The van der Waals surface area contributed by atoms with Crippen LogP contribution in [0.2, 0.25) is 0 Å². The molecule has 3 aliphatic rings. The molecule has 1 saturated carbocycles. The molecule has 1 N–H and O–H groups in total. The van der Waals surface area contributed by atoms with Gasteiger partial charge in [0.15, 0.2) is 0 Å². The van der Waals surface area contributed by atoms with Crippen LogP contribution in [-0.4, -0.2) is 61.6 Å². The summed E-state index contributed by atoms with van der Waals surface area (Å²) in [5.74, 6) is 0.145. The van der Waals surface area contributed by atoms with Crippen molar-refractivity contribution in [2.45, 2.75) is 49.9 Å². The molecule has 1 aromatic rings. The standard InChI is InChI=1S/C20H30FN3O2S/c1-15-14-22-9-12-24(15)20(17-3-2-4-18(21)13-17)16-7-10-23(11-8-16)27(25,26)19-5-6-19/h2-4,13,15-16,19-20,22H,5-12,14H2,1H3/t15?,20-/m1/s1. The Labute approximate surface area is 162 Å². The molecule has 0 bridgehead atoms. The number of hydrogen-bond donors (Lipinski definition) is 1. The molecule has 1 aliphatic carbocycles. The number of piperidine rings is 1. The van der Waals surface area contributed by atoms with Gasteiger partial charge in [0.2, 0.25) is 10.0 Å². The topological polar surface area (TPSA) is 52.6 Å². The molecule has 4 rings (SSSR count). The lowest BCUT2D eigenvalue weighted by Gasteiger charge is -2.45. The summed E-state index contributed by atoms with van der Waals surface area (Å²) in [4.78, 5) is 2.49. The van der Waals surface area contributed by atoms with E-state index in [1.165, 1.54) is 6.07 Å². The van der Waals surface area contributed by atoms with Crippen molar-refractivity contribution >= 4 is 10.0 Å². The maximum Gasteiger partial charge on any atom is 0.216 e. The summed E-state index contributed by atoms with van der Waals surface area (Å²) in [6.07, 6.45) is 3.30. The van der Waals surface area contributed by atoms with Crippen molar-refractivity contribution in [2.75, 3.05) is 32.7 Å². The first-order valence-electron chi connectivity index (χ1n) is 10.2. The van der Waals surface area contributed by atoms with Crippen LogP contribution in [0.25, 0.3) is 0 Å². The van der Waals surface area contributed by atoms with E-state index in [-0.39, 0.29) is 17.1 Å². The molecule has 2 aliphatic heterocycles. The summed E-state index contributed by atoms with van der Waals surface area (Å²) in [5.41, 5.74) is 1.02. The lowest BCUT2D eigenvalue weighted by molar-refractivity contribution is 0.0581. The second-order valence-corrected chi connectivity index (χ2v) is 10.5. The number of rotatable bonds is 5. The Hall–Kier alpha value is -1.02. The highest BCUT2D eigenvalue weighted by atomic mass is 32.2. The van der Waals surface area contributed by atoms with Gasteiger partial charge in [-0.2, -0.15) is 0 Å². The van der Waals surface area contributed by atoms with Gasteiger partial charge in [0.05, 0.1) is 5.25 Å². The number of halogens is 1. The van der Waals surface area contributed by atoms with Crippen LogP contribution in [-0.2, 0) is 10.0 Å². The summed E-state index contributed by atoms with van der Waals surface area (Å²) < 4.78 is 40.8. The molecule has 0 radical (unpaired) electrons. The lowest BCUT2D eigenvalue weighted by atomic mass is 9.84. The molecule has 3 fully saturated rings. The van der Waals surface area contributed by atoms with E-state index >= 15 is 0 Å². The number of piperazine rings is 1. The van der Waals surface area contributed by atoms with E-state index in [1.807, 2.05) is 6.07 Å². The van der Waals surface area contributed by atoms with E-state index in [4.69, 9.17) is 0 Å². The summed E-state index contributed by atoms with van der Waals surface area (Å²) >= 11 is 0. The van der Waals surface area contributed by atoms with E-state index in [9.17, 15) is 12.8 Å². The van der Waals surface area contributed by atoms with Crippen molar-refractivity contribution < 1.29 is 12.8 Å². The van der Waals surface area contributed by atoms with Crippen molar-refractivity contribution in [3.63, 3.8) is 0 Å². The largest absolute Gasteiger partial charge is 0.314 e. The zero-order chi connectivity index (χ0) is 19.0. The fraction of sp³-hybridized carbons (Fsp3) is 0.700. The first-order valence-corrected chi connectivity index (χ1v) is 11.7. The van der Waals surface area contributed by atoms with Crippen LogP contribution >= 0.6 is 0 Å². The highest BCUT2D eigenvalue weighted by Gasteiger charge is 2.43. The highest BCUT2D eigenvalue weighted by Crippen LogP contribution is 2.39. The molecule has 1 unspecified atom stereocenters. The van der Waals surface area contributed by atoms with Crippen LogP contribution < -0.4 is 5.32 Å². The average molecular weight is 396 g/mol. The third kappa shape index (κ3) is 4.06. The van der Waals surface area contributed by atoms with Gasteiger partial charge >= 0.3 is 0 Å². The van der Waals surface area contributed by atoms with E-state index in [0.717, 1.165) is 50.9 Å². The van der Waals surface area contributed by atoms with Gasteiger partial charge in [-0.15, -0.1) is 0 Å². The first kappa shape index (κ1) is 19.3. The maximum absolute atomic E-state index is 14.0. The van der Waals surface area contributed by atoms with Crippen molar-refractivity contribution in [1.82, 2.24) is 14.5 Å². The second kappa shape index (κ2) is 7.78. The van der Waals surface area contributed by atoms with Gasteiger partial charge < -0.3 is 5.32 Å². The number of benzene rings is 1. The Morgan fingerprint density at radius 2 is 1.89 bits per heavy atom. The van der Waals surface area contributed by atoms with Gasteiger partial charge in [0.1, 0.15) is 5.82 Å². The Morgan fingerprint density at radius 3 is 2.52 bits per heavy atom. The van der Waals surface area contributed by atoms with Crippen LogP contribution in [0.1, 0.15) is 44.2 Å². The third-order valence-electron chi connectivity index (χ3n) is 6.35. The van der Waals surface area contributed by atoms with Crippen molar-refractivity contribution in [3.05, 3.63) is 35.6 Å². The third-order valence-corrected chi connectivity index (χ3v) is 8.75. The SMILES string of the molecule is CC1CNCCN1[C@@H](c1cccc(F)c1)C1CCN(S(=O)(=O)C2CC2)CC1. The molecule has 0 spiro atoms. The molecule has 2 heterocycles. The molecule has 7 heteroatoms. The summed E-state index contributed by atoms with van der Waals surface area (Å²) in [6, 6.07) is 7.48. The van der Waals surface area contributed by atoms with Gasteiger partial charge in [-0.1, -0.05) is 12.1 Å². The summed E-state index contributed by atoms with van der Waals surface area (Å²) in [7, 11) is -3.10. The Bertz CT molecular complexity index is 760. The van der Waals surface area contributed by atoms with Gasteiger partial charge in [-0.25, -0.2) is 17.1 Å². The Balaban J connectivity index is 1.54. The van der Waals surface area contributed by atoms with Crippen molar-refractivity contribution in [1.29, 1.82) is 0 Å². The predicted molar refractivity (Wildman–Crippen MR) is 104 cm³/mol. The highest BCUT2D eigenvalue weighted by molar-refractivity contribution is 7.90. The number of hydrogen-bond acceptors (Lipinski definition) is 4. The molecule has 0 amide bonds. The van der Waals surface area contributed by atoms with Gasteiger partial charge in [0, 0.05) is 44.8 Å². The zero-order valence-corrected chi connectivity index (χ0v) is 16.8. The fourth-order valence-corrected chi connectivity index (χ4v) is 6.59. The molecule has 2 atom stereocenters. The number of sulfonamides is 1. The molecule has 150 valence electrons. The molecule has 2 saturated heterocycles. The molecule has 5 nitrogen and oxygen atoms in total. The number of nitrogens with zero attached hydrogens (tertiary/aromatic N) is 2. The second-order valence-electron chi connectivity index (χ2n) is 8.27. The monoisotopic (exact) mass is 395 g/mol. The quantitative estimate of drug-likeness (QED) is 0.832. The van der Waals surface area contributed by atoms with Crippen LogP contribution in [0.3, 0.4) is 0 Å². The van der Waals surface area contributed by atoms with Crippen molar-refractivity contribution in [3.8, 4) is 0 Å². The average Bonchev–Trinajstić information content (AvgIpc) is 3.50. The molecular weight excluding hydrogens is 365 g/mol. The molecule has 0 aromatic heterocycles. The van der Waals surface area contributed by atoms with E-state index in [1.54, 1.807) is 16.4 Å². The van der Waals surface area contributed by atoms with E-state index < -0.39 is 10.0 Å². The van der Waals surface area contributed by atoms with Crippen LogP contribution in [0.4, 0.5) is 4.39 Å².